The third kappa shape index (κ3) is 5.21. The summed E-state index contributed by atoms with van der Waals surface area (Å²) in [5, 5.41) is 3.17. The number of hydrogen-bond donors (Lipinski definition) is 1. The highest BCUT2D eigenvalue weighted by Crippen LogP contribution is 2.22. The standard InChI is InChI=1S/C25H33N3O2/c1-5-20(6-2)25(29)26-19(4)24-27-22-10-7-8-11-23(22)28(24)16-9-17-30-21-14-12-18(3)13-15-21/h7-8,10-15,19-20H,5-6,9,16-17H2,1-4H3,(H,26,29). The molecule has 3 aromatic rings. The van der Waals surface area contributed by atoms with Crippen LogP contribution in [0.3, 0.4) is 0 Å². The van der Waals surface area contributed by atoms with Crippen molar-refractivity contribution in [1.29, 1.82) is 0 Å². The van der Waals surface area contributed by atoms with Gasteiger partial charge in [0.2, 0.25) is 5.91 Å². The van der Waals surface area contributed by atoms with E-state index in [4.69, 9.17) is 9.72 Å². The first-order valence-corrected chi connectivity index (χ1v) is 11.0. The number of fused-ring (bicyclic) bond motifs is 1. The summed E-state index contributed by atoms with van der Waals surface area (Å²) in [4.78, 5) is 17.4. The molecular formula is C25H33N3O2. The fraction of sp³-hybridized carbons (Fsp3) is 0.440. The van der Waals surface area contributed by atoms with Crippen molar-refractivity contribution < 1.29 is 9.53 Å². The third-order valence-electron chi connectivity index (χ3n) is 5.60. The van der Waals surface area contributed by atoms with Gasteiger partial charge in [-0.3, -0.25) is 4.79 Å². The minimum atomic E-state index is -0.150. The molecule has 1 aromatic heterocycles. The van der Waals surface area contributed by atoms with Gasteiger partial charge in [0.05, 0.1) is 23.7 Å². The average Bonchev–Trinajstić information content (AvgIpc) is 3.12. The Bertz CT molecular complexity index is 958. The van der Waals surface area contributed by atoms with E-state index in [1.54, 1.807) is 0 Å². The highest BCUT2D eigenvalue weighted by molar-refractivity contribution is 5.79. The number of imidazole rings is 1. The Morgan fingerprint density at radius 3 is 2.50 bits per heavy atom. The lowest BCUT2D eigenvalue weighted by atomic mass is 10.0. The Hall–Kier alpha value is -2.82. The average molecular weight is 408 g/mol. The normalized spacial score (nSPS) is 12.3. The van der Waals surface area contributed by atoms with Crippen molar-refractivity contribution in [2.75, 3.05) is 6.61 Å². The van der Waals surface area contributed by atoms with Gasteiger partial charge < -0.3 is 14.6 Å². The summed E-state index contributed by atoms with van der Waals surface area (Å²) in [5.41, 5.74) is 3.27. The summed E-state index contributed by atoms with van der Waals surface area (Å²) in [6, 6.07) is 16.1. The molecule has 0 fully saturated rings. The molecule has 0 bridgehead atoms. The third-order valence-corrected chi connectivity index (χ3v) is 5.60. The van der Waals surface area contributed by atoms with Crippen molar-refractivity contribution in [2.24, 2.45) is 5.92 Å². The Kier molecular flexibility index (Phi) is 7.50. The summed E-state index contributed by atoms with van der Waals surface area (Å²) in [7, 11) is 0. The van der Waals surface area contributed by atoms with Gasteiger partial charge in [-0.1, -0.05) is 43.7 Å². The van der Waals surface area contributed by atoms with E-state index in [-0.39, 0.29) is 17.9 Å². The Labute approximate surface area is 179 Å². The molecule has 30 heavy (non-hydrogen) atoms. The van der Waals surface area contributed by atoms with Crippen LogP contribution >= 0.6 is 0 Å². The van der Waals surface area contributed by atoms with Gasteiger partial charge >= 0.3 is 0 Å². The predicted octanol–water partition coefficient (Wildman–Crippen LogP) is 5.43. The topological polar surface area (TPSA) is 56.2 Å². The fourth-order valence-electron chi connectivity index (χ4n) is 3.76. The molecule has 160 valence electrons. The van der Waals surface area contributed by atoms with Crippen molar-refractivity contribution in [3.8, 4) is 5.75 Å². The molecule has 5 nitrogen and oxygen atoms in total. The summed E-state index contributed by atoms with van der Waals surface area (Å²) in [5.74, 6) is 1.94. The second kappa shape index (κ2) is 10.3. The molecular weight excluding hydrogens is 374 g/mol. The molecule has 0 aliphatic carbocycles. The van der Waals surface area contributed by atoms with Crippen molar-refractivity contribution in [3.63, 3.8) is 0 Å². The SMILES string of the molecule is CCC(CC)C(=O)NC(C)c1nc2ccccc2n1CCCOc1ccc(C)cc1. The maximum atomic E-state index is 12.6. The number of aromatic nitrogens is 2. The van der Waals surface area contributed by atoms with Crippen LogP contribution in [0.5, 0.6) is 5.75 Å². The number of amides is 1. The van der Waals surface area contributed by atoms with Crippen LogP contribution in [0.4, 0.5) is 0 Å². The lowest BCUT2D eigenvalue weighted by Crippen LogP contribution is -2.33. The van der Waals surface area contributed by atoms with Crippen molar-refractivity contribution in [3.05, 3.63) is 59.9 Å². The predicted molar refractivity (Wildman–Crippen MR) is 122 cm³/mol. The van der Waals surface area contributed by atoms with Crippen molar-refractivity contribution in [1.82, 2.24) is 14.9 Å². The van der Waals surface area contributed by atoms with E-state index in [0.29, 0.717) is 6.61 Å². The maximum Gasteiger partial charge on any atom is 0.223 e. The van der Waals surface area contributed by atoms with Crippen LogP contribution in [0, 0.1) is 12.8 Å². The van der Waals surface area contributed by atoms with Crippen LogP contribution < -0.4 is 10.1 Å². The highest BCUT2D eigenvalue weighted by atomic mass is 16.5. The molecule has 1 heterocycles. The molecule has 1 N–H and O–H groups in total. The maximum absolute atomic E-state index is 12.6. The van der Waals surface area contributed by atoms with E-state index >= 15 is 0 Å². The smallest absolute Gasteiger partial charge is 0.223 e. The van der Waals surface area contributed by atoms with Crippen LogP contribution in [-0.2, 0) is 11.3 Å². The number of nitrogens with one attached hydrogen (secondary N) is 1. The zero-order valence-electron chi connectivity index (χ0n) is 18.5. The molecule has 0 saturated heterocycles. The second-order valence-corrected chi connectivity index (χ2v) is 7.87. The number of para-hydroxylation sites is 2. The molecule has 0 spiro atoms. The first-order valence-electron chi connectivity index (χ1n) is 11.0. The largest absolute Gasteiger partial charge is 0.494 e. The molecule has 3 rings (SSSR count). The lowest BCUT2D eigenvalue weighted by Gasteiger charge is -2.19. The molecule has 5 heteroatoms. The fourth-order valence-corrected chi connectivity index (χ4v) is 3.76. The van der Waals surface area contributed by atoms with Gasteiger partial charge in [0, 0.05) is 12.5 Å². The molecule has 0 aliphatic heterocycles. The minimum absolute atomic E-state index is 0.0492. The molecule has 0 radical (unpaired) electrons. The lowest BCUT2D eigenvalue weighted by molar-refractivity contribution is -0.125. The van der Waals surface area contributed by atoms with Gasteiger partial charge in [-0.05, 0) is 57.4 Å². The summed E-state index contributed by atoms with van der Waals surface area (Å²) in [6.45, 7) is 9.61. The Balaban J connectivity index is 1.71. The first-order chi connectivity index (χ1) is 14.5. The van der Waals surface area contributed by atoms with Gasteiger partial charge in [-0.25, -0.2) is 4.98 Å². The van der Waals surface area contributed by atoms with Crippen LogP contribution in [0.2, 0.25) is 0 Å². The van der Waals surface area contributed by atoms with Crippen LogP contribution in [0.1, 0.15) is 57.5 Å². The first kappa shape index (κ1) is 21.9. The van der Waals surface area contributed by atoms with E-state index in [0.717, 1.165) is 48.4 Å². The molecule has 0 saturated carbocycles. The van der Waals surface area contributed by atoms with Gasteiger partial charge in [0.1, 0.15) is 11.6 Å². The zero-order valence-corrected chi connectivity index (χ0v) is 18.5. The Morgan fingerprint density at radius 1 is 1.10 bits per heavy atom. The van der Waals surface area contributed by atoms with Crippen LogP contribution in [0.25, 0.3) is 11.0 Å². The number of carbonyl (C=O) groups excluding carboxylic acids is 1. The summed E-state index contributed by atoms with van der Waals surface area (Å²) < 4.78 is 8.11. The number of ether oxygens (including phenoxy) is 1. The second-order valence-electron chi connectivity index (χ2n) is 7.87. The van der Waals surface area contributed by atoms with Gasteiger partial charge in [0.15, 0.2) is 0 Å². The van der Waals surface area contributed by atoms with E-state index in [2.05, 4.69) is 48.9 Å². The molecule has 1 unspecified atom stereocenters. The van der Waals surface area contributed by atoms with Crippen LogP contribution in [-0.4, -0.2) is 22.1 Å². The number of benzene rings is 2. The molecule has 0 aliphatic rings. The summed E-state index contributed by atoms with van der Waals surface area (Å²) in [6.07, 6.45) is 2.55. The summed E-state index contributed by atoms with van der Waals surface area (Å²) >= 11 is 0. The van der Waals surface area contributed by atoms with Crippen molar-refractivity contribution in [2.45, 2.75) is 59.5 Å². The van der Waals surface area contributed by atoms with Crippen LogP contribution in [0.15, 0.2) is 48.5 Å². The highest BCUT2D eigenvalue weighted by Gasteiger charge is 2.21. The van der Waals surface area contributed by atoms with E-state index in [9.17, 15) is 4.79 Å². The van der Waals surface area contributed by atoms with Gasteiger partial charge in [0.25, 0.3) is 0 Å². The number of carbonyl (C=O) groups is 1. The minimum Gasteiger partial charge on any atom is -0.494 e. The number of hydrogen-bond acceptors (Lipinski definition) is 3. The van der Waals surface area contributed by atoms with E-state index in [1.807, 2.05) is 37.3 Å². The molecule has 1 atom stereocenters. The quantitative estimate of drug-likeness (QED) is 0.456. The number of rotatable bonds is 10. The van der Waals surface area contributed by atoms with Gasteiger partial charge in [-0.15, -0.1) is 0 Å². The number of aryl methyl sites for hydroxylation is 2. The van der Waals surface area contributed by atoms with E-state index in [1.165, 1.54) is 5.56 Å². The van der Waals surface area contributed by atoms with Gasteiger partial charge in [-0.2, -0.15) is 0 Å². The monoisotopic (exact) mass is 407 g/mol. The zero-order chi connectivity index (χ0) is 21.5. The molecule has 2 aromatic carbocycles. The Morgan fingerprint density at radius 2 is 1.80 bits per heavy atom. The van der Waals surface area contributed by atoms with Crippen molar-refractivity contribution >= 4 is 16.9 Å². The van der Waals surface area contributed by atoms with E-state index < -0.39 is 0 Å². The molecule has 1 amide bonds. The number of nitrogens with zero attached hydrogens (tertiary/aromatic N) is 2.